The predicted molar refractivity (Wildman–Crippen MR) is 102 cm³/mol. The van der Waals surface area contributed by atoms with E-state index < -0.39 is 6.10 Å². The molecule has 0 spiro atoms. The molecule has 140 valence electrons. The maximum atomic E-state index is 12.2. The normalized spacial score (nSPS) is 15.5. The Morgan fingerprint density at radius 3 is 2.74 bits per heavy atom. The molecular weight excluding hydrogens is 348 g/mol. The van der Waals surface area contributed by atoms with Gasteiger partial charge in [0.05, 0.1) is 19.9 Å². The van der Waals surface area contributed by atoms with Crippen molar-refractivity contribution < 1.29 is 23.8 Å². The van der Waals surface area contributed by atoms with E-state index in [9.17, 15) is 9.59 Å². The van der Waals surface area contributed by atoms with Crippen molar-refractivity contribution in [3.8, 4) is 17.2 Å². The number of ether oxygens (including phenoxy) is 3. The number of carbonyl (C=O) groups is 2. The fraction of sp³-hybridized carbons (Fsp3) is 0.200. The Bertz CT molecular complexity index is 907. The van der Waals surface area contributed by atoms with Crippen LogP contribution in [0.15, 0.2) is 42.5 Å². The van der Waals surface area contributed by atoms with Crippen LogP contribution in [0.2, 0.25) is 0 Å². The van der Waals surface area contributed by atoms with Crippen molar-refractivity contribution in [2.45, 2.75) is 13.0 Å². The van der Waals surface area contributed by atoms with Gasteiger partial charge in [0.2, 0.25) is 5.91 Å². The lowest BCUT2D eigenvalue weighted by molar-refractivity contribution is -0.122. The maximum absolute atomic E-state index is 12.2. The number of benzene rings is 2. The van der Waals surface area contributed by atoms with Crippen LogP contribution in [0.1, 0.15) is 12.5 Å². The molecule has 1 atom stereocenters. The highest BCUT2D eigenvalue weighted by Crippen LogP contribution is 2.32. The van der Waals surface area contributed by atoms with Crippen LogP contribution in [0, 0.1) is 0 Å². The summed E-state index contributed by atoms with van der Waals surface area (Å²) in [6.45, 7) is 1.67. The third kappa shape index (κ3) is 4.20. The van der Waals surface area contributed by atoms with Gasteiger partial charge in [-0.25, -0.2) is 0 Å². The van der Waals surface area contributed by atoms with Crippen molar-refractivity contribution in [1.29, 1.82) is 0 Å². The molecular formula is C20H20N2O5. The van der Waals surface area contributed by atoms with E-state index in [-0.39, 0.29) is 11.8 Å². The Labute approximate surface area is 156 Å². The Balaban J connectivity index is 1.70. The lowest BCUT2D eigenvalue weighted by atomic mass is 10.1. The standard InChI is InChI=1S/C20H20N2O5/c1-12-20(24)22-16-10-14(6-8-17(16)27-12)21-19(23)9-5-13-4-7-15(25-2)11-18(13)26-3/h4-12H,1-3H3,(H,21,23)(H,22,24). The van der Waals surface area contributed by atoms with Crippen LogP contribution in [0.5, 0.6) is 17.2 Å². The van der Waals surface area contributed by atoms with Crippen molar-refractivity contribution in [2.24, 2.45) is 0 Å². The third-order valence-corrected chi connectivity index (χ3v) is 4.03. The van der Waals surface area contributed by atoms with Crippen molar-refractivity contribution in [2.75, 3.05) is 24.9 Å². The molecule has 2 aromatic carbocycles. The van der Waals surface area contributed by atoms with Crippen LogP contribution in [-0.2, 0) is 9.59 Å². The molecule has 2 amide bonds. The zero-order valence-electron chi connectivity index (χ0n) is 15.2. The van der Waals surface area contributed by atoms with Gasteiger partial charge in [0.25, 0.3) is 5.91 Å². The number of hydrogen-bond acceptors (Lipinski definition) is 5. The highest BCUT2D eigenvalue weighted by Gasteiger charge is 2.23. The second-order valence-electron chi connectivity index (χ2n) is 5.89. The summed E-state index contributed by atoms with van der Waals surface area (Å²) in [5, 5.41) is 5.50. The van der Waals surface area contributed by atoms with Gasteiger partial charge in [0.1, 0.15) is 17.2 Å². The van der Waals surface area contributed by atoms with Crippen LogP contribution >= 0.6 is 0 Å². The number of amides is 2. The molecule has 0 aromatic heterocycles. The zero-order chi connectivity index (χ0) is 19.4. The topological polar surface area (TPSA) is 85.9 Å². The summed E-state index contributed by atoms with van der Waals surface area (Å²) in [6, 6.07) is 10.4. The van der Waals surface area contributed by atoms with E-state index in [1.807, 2.05) is 0 Å². The second kappa shape index (κ2) is 7.82. The fourth-order valence-electron chi connectivity index (χ4n) is 2.59. The van der Waals surface area contributed by atoms with Crippen molar-refractivity contribution in [3.05, 3.63) is 48.0 Å². The average molecular weight is 368 g/mol. The number of anilines is 2. The highest BCUT2D eigenvalue weighted by molar-refractivity contribution is 6.03. The lowest BCUT2D eigenvalue weighted by Gasteiger charge is -2.23. The molecule has 0 fully saturated rings. The largest absolute Gasteiger partial charge is 0.497 e. The quantitative estimate of drug-likeness (QED) is 0.792. The van der Waals surface area contributed by atoms with Crippen molar-refractivity contribution >= 4 is 29.3 Å². The molecule has 0 radical (unpaired) electrons. The monoisotopic (exact) mass is 368 g/mol. The SMILES string of the molecule is COc1ccc(C=CC(=O)Nc2ccc3c(c2)NC(=O)C(C)O3)c(OC)c1. The molecule has 1 aliphatic rings. The Morgan fingerprint density at radius 2 is 2.00 bits per heavy atom. The Morgan fingerprint density at radius 1 is 1.19 bits per heavy atom. The molecule has 7 nitrogen and oxygen atoms in total. The fourth-order valence-corrected chi connectivity index (χ4v) is 2.59. The first kappa shape index (κ1) is 18.3. The molecule has 2 aromatic rings. The number of nitrogens with one attached hydrogen (secondary N) is 2. The molecule has 1 heterocycles. The van der Waals surface area contributed by atoms with Gasteiger partial charge in [0, 0.05) is 23.4 Å². The molecule has 3 rings (SSSR count). The first-order chi connectivity index (χ1) is 13.0. The minimum atomic E-state index is -0.541. The van der Waals surface area contributed by atoms with Crippen LogP contribution in [0.25, 0.3) is 6.08 Å². The van der Waals surface area contributed by atoms with E-state index in [0.717, 1.165) is 5.56 Å². The van der Waals surface area contributed by atoms with E-state index in [2.05, 4.69) is 10.6 Å². The number of methoxy groups -OCH3 is 2. The molecule has 1 unspecified atom stereocenters. The summed E-state index contributed by atoms with van der Waals surface area (Å²) < 4.78 is 15.9. The maximum Gasteiger partial charge on any atom is 0.265 e. The van der Waals surface area contributed by atoms with Crippen molar-refractivity contribution in [1.82, 2.24) is 0 Å². The lowest BCUT2D eigenvalue weighted by Crippen LogP contribution is -2.34. The van der Waals surface area contributed by atoms with Gasteiger partial charge in [0.15, 0.2) is 6.10 Å². The van der Waals surface area contributed by atoms with E-state index in [1.54, 1.807) is 63.6 Å². The summed E-state index contributed by atoms with van der Waals surface area (Å²) in [4.78, 5) is 23.9. The van der Waals surface area contributed by atoms with Gasteiger partial charge >= 0.3 is 0 Å². The molecule has 0 aliphatic carbocycles. The highest BCUT2D eigenvalue weighted by atomic mass is 16.5. The second-order valence-corrected chi connectivity index (χ2v) is 5.89. The molecule has 0 bridgehead atoms. The van der Waals surface area contributed by atoms with E-state index in [1.165, 1.54) is 6.08 Å². The van der Waals surface area contributed by atoms with Crippen LogP contribution in [0.3, 0.4) is 0 Å². The number of hydrogen-bond donors (Lipinski definition) is 2. The minimum absolute atomic E-state index is 0.225. The summed E-state index contributed by atoms with van der Waals surface area (Å²) in [7, 11) is 3.13. The van der Waals surface area contributed by atoms with Crippen LogP contribution in [-0.4, -0.2) is 32.1 Å². The van der Waals surface area contributed by atoms with E-state index in [0.29, 0.717) is 28.6 Å². The van der Waals surface area contributed by atoms with Gasteiger partial charge in [-0.05, 0) is 43.3 Å². The van der Waals surface area contributed by atoms with Gasteiger partial charge < -0.3 is 24.8 Å². The smallest absolute Gasteiger partial charge is 0.265 e. The van der Waals surface area contributed by atoms with Gasteiger partial charge in [-0.2, -0.15) is 0 Å². The average Bonchev–Trinajstić information content (AvgIpc) is 2.67. The summed E-state index contributed by atoms with van der Waals surface area (Å²) in [5.74, 6) is 1.29. The van der Waals surface area contributed by atoms with Gasteiger partial charge in [-0.3, -0.25) is 9.59 Å². The number of fused-ring (bicyclic) bond motifs is 1. The Hall–Kier alpha value is -3.48. The predicted octanol–water partition coefficient (Wildman–Crippen LogP) is 3.08. The van der Waals surface area contributed by atoms with Gasteiger partial charge in [-0.1, -0.05) is 0 Å². The first-order valence-electron chi connectivity index (χ1n) is 8.33. The molecule has 1 aliphatic heterocycles. The molecule has 2 N–H and O–H groups in total. The first-order valence-corrected chi connectivity index (χ1v) is 8.33. The van der Waals surface area contributed by atoms with Crippen LogP contribution < -0.4 is 24.8 Å². The van der Waals surface area contributed by atoms with Crippen molar-refractivity contribution in [3.63, 3.8) is 0 Å². The summed E-state index contributed by atoms with van der Waals surface area (Å²) in [6.07, 6.45) is 2.51. The number of carbonyl (C=O) groups excluding carboxylic acids is 2. The molecule has 0 saturated heterocycles. The molecule has 7 heteroatoms. The summed E-state index contributed by atoms with van der Waals surface area (Å²) in [5.41, 5.74) is 1.81. The third-order valence-electron chi connectivity index (χ3n) is 4.03. The van der Waals surface area contributed by atoms with E-state index in [4.69, 9.17) is 14.2 Å². The minimum Gasteiger partial charge on any atom is -0.497 e. The summed E-state index contributed by atoms with van der Waals surface area (Å²) >= 11 is 0. The van der Waals surface area contributed by atoms with Gasteiger partial charge in [-0.15, -0.1) is 0 Å². The molecule has 27 heavy (non-hydrogen) atoms. The molecule has 0 saturated carbocycles. The van der Waals surface area contributed by atoms with E-state index >= 15 is 0 Å². The Kier molecular flexibility index (Phi) is 5.30. The number of rotatable bonds is 5. The zero-order valence-corrected chi connectivity index (χ0v) is 15.2. The van der Waals surface area contributed by atoms with Crippen LogP contribution in [0.4, 0.5) is 11.4 Å².